The molecule has 1 heterocycles. The zero-order chi connectivity index (χ0) is 21.8. The Bertz CT molecular complexity index is 1180. The van der Waals surface area contributed by atoms with Gasteiger partial charge in [0.25, 0.3) is 20.3 Å². The molecule has 1 fully saturated rings. The van der Waals surface area contributed by atoms with Crippen molar-refractivity contribution in [2.24, 2.45) is 0 Å². The minimum absolute atomic E-state index is 0.0469. The SMILES string of the molecule is O=C(Nc1nnc(S(=O)(=O)Nc2ccc(OC3CCCC3)cc2)s1)c1ccccc1Cl. The molecule has 162 valence electrons. The highest BCUT2D eigenvalue weighted by Gasteiger charge is 2.22. The summed E-state index contributed by atoms with van der Waals surface area (Å²) < 4.78 is 33.3. The number of rotatable bonds is 7. The molecule has 1 amide bonds. The second-order valence-electron chi connectivity index (χ2n) is 6.96. The summed E-state index contributed by atoms with van der Waals surface area (Å²) in [4.78, 5) is 12.3. The van der Waals surface area contributed by atoms with Gasteiger partial charge >= 0.3 is 0 Å². The van der Waals surface area contributed by atoms with Crippen LogP contribution >= 0.6 is 22.9 Å². The third-order valence-electron chi connectivity index (χ3n) is 4.69. The largest absolute Gasteiger partial charge is 0.490 e. The van der Waals surface area contributed by atoms with Crippen LogP contribution in [0.15, 0.2) is 52.9 Å². The lowest BCUT2D eigenvalue weighted by Crippen LogP contribution is -2.13. The number of anilines is 2. The minimum atomic E-state index is -3.96. The first-order valence-corrected chi connectivity index (χ1v) is 12.3. The third-order valence-corrected chi connectivity index (χ3v) is 7.60. The van der Waals surface area contributed by atoms with Gasteiger partial charge in [0.2, 0.25) is 5.13 Å². The Morgan fingerprint density at radius 2 is 1.77 bits per heavy atom. The first-order chi connectivity index (χ1) is 14.9. The maximum Gasteiger partial charge on any atom is 0.291 e. The summed E-state index contributed by atoms with van der Waals surface area (Å²) in [6.07, 6.45) is 4.65. The molecule has 0 unspecified atom stereocenters. The molecular weight excluding hydrogens is 460 g/mol. The number of benzene rings is 2. The molecule has 31 heavy (non-hydrogen) atoms. The molecule has 1 saturated carbocycles. The summed E-state index contributed by atoms with van der Waals surface area (Å²) in [7, 11) is -3.96. The molecular formula is C20H19ClN4O4S2. The molecule has 0 aliphatic heterocycles. The van der Waals surface area contributed by atoms with Gasteiger partial charge < -0.3 is 4.74 Å². The fourth-order valence-corrected chi connectivity index (χ4v) is 5.35. The van der Waals surface area contributed by atoms with E-state index < -0.39 is 15.9 Å². The van der Waals surface area contributed by atoms with E-state index in [-0.39, 0.29) is 26.2 Å². The van der Waals surface area contributed by atoms with Crippen LogP contribution in [0.3, 0.4) is 0 Å². The lowest BCUT2D eigenvalue weighted by molar-refractivity contribution is 0.102. The van der Waals surface area contributed by atoms with Crippen molar-refractivity contribution in [2.75, 3.05) is 10.0 Å². The molecule has 1 aliphatic carbocycles. The summed E-state index contributed by atoms with van der Waals surface area (Å²) in [5, 5.41) is 10.3. The van der Waals surface area contributed by atoms with Crippen molar-refractivity contribution in [3.05, 3.63) is 59.1 Å². The van der Waals surface area contributed by atoms with Gasteiger partial charge in [-0.05, 0) is 62.1 Å². The van der Waals surface area contributed by atoms with Crippen molar-refractivity contribution in [1.82, 2.24) is 10.2 Å². The third kappa shape index (κ3) is 5.33. The van der Waals surface area contributed by atoms with E-state index in [9.17, 15) is 13.2 Å². The maximum absolute atomic E-state index is 12.6. The molecule has 0 atom stereocenters. The van der Waals surface area contributed by atoms with Crippen molar-refractivity contribution in [1.29, 1.82) is 0 Å². The number of sulfonamides is 1. The van der Waals surface area contributed by atoms with E-state index in [1.807, 2.05) is 0 Å². The van der Waals surface area contributed by atoms with E-state index in [1.54, 1.807) is 48.5 Å². The number of nitrogens with one attached hydrogen (secondary N) is 2. The summed E-state index contributed by atoms with van der Waals surface area (Å²) in [6.45, 7) is 0. The zero-order valence-electron chi connectivity index (χ0n) is 16.2. The Balaban J connectivity index is 1.40. The fourth-order valence-electron chi connectivity index (χ4n) is 3.18. The van der Waals surface area contributed by atoms with Crippen molar-refractivity contribution in [2.45, 2.75) is 36.1 Å². The lowest BCUT2D eigenvalue weighted by Gasteiger charge is -2.13. The van der Waals surface area contributed by atoms with Crippen molar-refractivity contribution in [3.63, 3.8) is 0 Å². The topological polar surface area (TPSA) is 110 Å². The van der Waals surface area contributed by atoms with Gasteiger partial charge in [-0.2, -0.15) is 8.42 Å². The normalized spacial score (nSPS) is 14.4. The highest BCUT2D eigenvalue weighted by Crippen LogP contribution is 2.27. The molecule has 3 aromatic rings. The molecule has 4 rings (SSSR count). The number of hydrogen-bond donors (Lipinski definition) is 2. The van der Waals surface area contributed by atoms with Crippen molar-refractivity contribution < 1.29 is 17.9 Å². The van der Waals surface area contributed by atoms with Crippen LogP contribution in [0.5, 0.6) is 5.75 Å². The van der Waals surface area contributed by atoms with Gasteiger partial charge in [0.05, 0.1) is 16.7 Å². The first-order valence-electron chi connectivity index (χ1n) is 9.60. The summed E-state index contributed by atoms with van der Waals surface area (Å²) in [6, 6.07) is 13.2. The predicted molar refractivity (Wildman–Crippen MR) is 119 cm³/mol. The lowest BCUT2D eigenvalue weighted by atomic mass is 10.2. The number of ether oxygens (including phenoxy) is 1. The van der Waals surface area contributed by atoms with Crippen LogP contribution in [0, 0.1) is 0 Å². The second kappa shape index (κ2) is 9.21. The number of carbonyl (C=O) groups excluding carboxylic acids is 1. The van der Waals surface area contributed by atoms with Gasteiger partial charge in [0.1, 0.15) is 5.75 Å². The van der Waals surface area contributed by atoms with Crippen LogP contribution in [0.2, 0.25) is 5.02 Å². The van der Waals surface area contributed by atoms with Crippen LogP contribution in [-0.2, 0) is 10.0 Å². The van der Waals surface area contributed by atoms with E-state index >= 15 is 0 Å². The Hall–Kier alpha value is -2.69. The summed E-state index contributed by atoms with van der Waals surface area (Å²) in [5.41, 5.74) is 0.623. The second-order valence-corrected chi connectivity index (χ2v) is 10.2. The van der Waals surface area contributed by atoms with Crippen LogP contribution in [-0.4, -0.2) is 30.6 Å². The van der Waals surface area contributed by atoms with Gasteiger partial charge in [-0.3, -0.25) is 14.8 Å². The van der Waals surface area contributed by atoms with E-state index in [1.165, 1.54) is 12.8 Å². The van der Waals surface area contributed by atoms with Crippen LogP contribution < -0.4 is 14.8 Å². The maximum atomic E-state index is 12.6. The van der Waals surface area contributed by atoms with Gasteiger partial charge in [-0.1, -0.05) is 35.1 Å². The quantitative estimate of drug-likeness (QED) is 0.481. The monoisotopic (exact) mass is 478 g/mol. The van der Waals surface area contributed by atoms with E-state index in [0.717, 1.165) is 24.2 Å². The molecule has 0 spiro atoms. The van der Waals surface area contributed by atoms with Gasteiger partial charge in [-0.15, -0.1) is 10.2 Å². The zero-order valence-corrected chi connectivity index (χ0v) is 18.6. The van der Waals surface area contributed by atoms with Crippen LogP contribution in [0.25, 0.3) is 0 Å². The molecule has 11 heteroatoms. The fraction of sp³-hybridized carbons (Fsp3) is 0.250. The molecule has 2 N–H and O–H groups in total. The predicted octanol–water partition coefficient (Wildman–Crippen LogP) is 4.57. The van der Waals surface area contributed by atoms with Crippen LogP contribution in [0.1, 0.15) is 36.0 Å². The number of carbonyl (C=O) groups is 1. The highest BCUT2D eigenvalue weighted by atomic mass is 35.5. The molecule has 0 radical (unpaired) electrons. The van der Waals surface area contributed by atoms with E-state index in [4.69, 9.17) is 16.3 Å². The van der Waals surface area contributed by atoms with Gasteiger partial charge in [0.15, 0.2) is 0 Å². The Morgan fingerprint density at radius 3 is 2.48 bits per heavy atom. The summed E-state index contributed by atoms with van der Waals surface area (Å²) in [5.74, 6) is 0.201. The average Bonchev–Trinajstić information content (AvgIpc) is 3.42. The van der Waals surface area contributed by atoms with E-state index in [0.29, 0.717) is 11.4 Å². The number of halogens is 1. The van der Waals surface area contributed by atoms with Crippen molar-refractivity contribution >= 4 is 49.7 Å². The smallest absolute Gasteiger partial charge is 0.291 e. The van der Waals surface area contributed by atoms with E-state index in [2.05, 4.69) is 20.2 Å². The highest BCUT2D eigenvalue weighted by molar-refractivity contribution is 7.94. The Morgan fingerprint density at radius 1 is 1.06 bits per heavy atom. The Kier molecular flexibility index (Phi) is 6.40. The van der Waals surface area contributed by atoms with Gasteiger partial charge in [-0.25, -0.2) is 0 Å². The van der Waals surface area contributed by atoms with Gasteiger partial charge in [0, 0.05) is 5.69 Å². The number of aromatic nitrogens is 2. The first kappa shape index (κ1) is 21.5. The van der Waals surface area contributed by atoms with Crippen LogP contribution in [0.4, 0.5) is 10.8 Å². The molecule has 0 saturated heterocycles. The standard InChI is InChI=1S/C20H19ClN4O4S2/c21-17-8-4-3-7-16(17)18(26)22-19-23-24-20(30-19)31(27,28)25-13-9-11-15(12-10-13)29-14-5-1-2-6-14/h3-4,7-12,14,25H,1-2,5-6H2,(H,22,23,26). The molecule has 0 bridgehead atoms. The van der Waals surface area contributed by atoms with Crippen molar-refractivity contribution in [3.8, 4) is 5.75 Å². The Labute approximate surface area is 188 Å². The number of amides is 1. The average molecular weight is 479 g/mol. The molecule has 2 aromatic carbocycles. The number of nitrogens with zero attached hydrogens (tertiary/aromatic N) is 2. The molecule has 8 nitrogen and oxygen atoms in total. The molecule has 1 aliphatic rings. The summed E-state index contributed by atoms with van der Waals surface area (Å²) >= 11 is 6.74. The minimum Gasteiger partial charge on any atom is -0.490 e. The number of hydrogen-bond acceptors (Lipinski definition) is 7. The molecule has 1 aromatic heterocycles.